The van der Waals surface area contributed by atoms with Gasteiger partial charge in [-0.15, -0.1) is 0 Å². The van der Waals surface area contributed by atoms with Crippen molar-refractivity contribution >= 4 is 11.9 Å². The fourth-order valence-electron chi connectivity index (χ4n) is 1.25. The molecule has 0 bridgehead atoms. The van der Waals surface area contributed by atoms with Gasteiger partial charge in [-0.25, -0.2) is 0 Å². The predicted molar refractivity (Wildman–Crippen MR) is 44.0 cm³/mol. The minimum absolute atomic E-state index is 0.116. The van der Waals surface area contributed by atoms with Crippen molar-refractivity contribution in [2.75, 3.05) is 0 Å². The fourth-order valence-corrected chi connectivity index (χ4v) is 1.25. The SMILES string of the molecule is Cc1noc(C)c1C(C(=O)O)C(=O)O. The largest absolute Gasteiger partial charge is 0.480 e. The Morgan fingerprint density at radius 3 is 2.07 bits per heavy atom. The molecule has 0 aliphatic carbocycles. The minimum atomic E-state index is -1.61. The molecule has 76 valence electrons. The van der Waals surface area contributed by atoms with Crippen LogP contribution >= 0.6 is 0 Å². The van der Waals surface area contributed by atoms with Gasteiger partial charge in [0.25, 0.3) is 0 Å². The van der Waals surface area contributed by atoms with Gasteiger partial charge in [-0.1, -0.05) is 5.16 Å². The van der Waals surface area contributed by atoms with Gasteiger partial charge in [-0.05, 0) is 13.8 Å². The zero-order valence-electron chi connectivity index (χ0n) is 7.64. The molecule has 0 saturated heterocycles. The van der Waals surface area contributed by atoms with Crippen LogP contribution in [0.5, 0.6) is 0 Å². The molecule has 2 N–H and O–H groups in total. The minimum Gasteiger partial charge on any atom is -0.480 e. The zero-order valence-corrected chi connectivity index (χ0v) is 7.64. The monoisotopic (exact) mass is 199 g/mol. The highest BCUT2D eigenvalue weighted by Crippen LogP contribution is 2.23. The van der Waals surface area contributed by atoms with Crippen molar-refractivity contribution in [2.24, 2.45) is 0 Å². The number of aryl methyl sites for hydroxylation is 2. The quantitative estimate of drug-likeness (QED) is 0.689. The third-order valence-electron chi connectivity index (χ3n) is 1.87. The number of carbonyl (C=O) groups is 2. The van der Waals surface area contributed by atoms with Crippen LogP contribution in [0.1, 0.15) is 22.9 Å². The Kier molecular flexibility index (Phi) is 2.55. The van der Waals surface area contributed by atoms with Crippen LogP contribution in [-0.4, -0.2) is 27.3 Å². The number of carboxylic acids is 2. The van der Waals surface area contributed by atoms with Crippen LogP contribution < -0.4 is 0 Å². The summed E-state index contributed by atoms with van der Waals surface area (Å²) in [5, 5.41) is 20.9. The molecule has 6 heteroatoms. The predicted octanol–water partition coefficient (Wildman–Crippen LogP) is 0.544. The summed E-state index contributed by atoms with van der Waals surface area (Å²) in [6, 6.07) is 0. The van der Waals surface area contributed by atoms with Crippen molar-refractivity contribution in [2.45, 2.75) is 19.8 Å². The zero-order chi connectivity index (χ0) is 10.9. The third-order valence-corrected chi connectivity index (χ3v) is 1.87. The molecule has 0 aromatic carbocycles. The summed E-state index contributed by atoms with van der Waals surface area (Å²) in [5.74, 6) is -4.24. The molecule has 1 heterocycles. The first-order chi connectivity index (χ1) is 6.45. The van der Waals surface area contributed by atoms with Crippen LogP contribution in [0.3, 0.4) is 0 Å². The molecule has 0 amide bonds. The van der Waals surface area contributed by atoms with E-state index in [-0.39, 0.29) is 17.0 Å². The van der Waals surface area contributed by atoms with Crippen molar-refractivity contribution in [3.63, 3.8) is 0 Å². The van der Waals surface area contributed by atoms with Crippen LogP contribution in [0.4, 0.5) is 0 Å². The molecule has 14 heavy (non-hydrogen) atoms. The smallest absolute Gasteiger partial charge is 0.322 e. The van der Waals surface area contributed by atoms with Gasteiger partial charge in [0.15, 0.2) is 5.92 Å². The van der Waals surface area contributed by atoms with E-state index in [2.05, 4.69) is 5.16 Å². The second kappa shape index (κ2) is 3.49. The Morgan fingerprint density at radius 1 is 1.29 bits per heavy atom. The fraction of sp³-hybridized carbons (Fsp3) is 0.375. The highest BCUT2D eigenvalue weighted by atomic mass is 16.5. The molecule has 0 radical (unpaired) electrons. The average Bonchev–Trinajstić information content (AvgIpc) is 2.34. The van der Waals surface area contributed by atoms with E-state index < -0.39 is 17.9 Å². The van der Waals surface area contributed by atoms with Crippen LogP contribution in [-0.2, 0) is 9.59 Å². The molecule has 0 aliphatic heterocycles. The molecule has 0 atom stereocenters. The standard InChI is InChI=1S/C8H9NO5/c1-3-5(4(2)14-9-3)6(7(10)11)8(12)13/h6H,1-2H3,(H,10,11)(H,12,13). The molecule has 1 rings (SSSR count). The molecular formula is C8H9NO5. The number of hydrogen-bond donors (Lipinski definition) is 2. The number of aliphatic carboxylic acids is 2. The van der Waals surface area contributed by atoms with Gasteiger partial charge in [0.05, 0.1) is 5.69 Å². The summed E-state index contributed by atoms with van der Waals surface area (Å²) in [4.78, 5) is 21.4. The lowest BCUT2D eigenvalue weighted by molar-refractivity contribution is -0.150. The Morgan fingerprint density at radius 2 is 1.79 bits per heavy atom. The molecule has 0 fully saturated rings. The lowest BCUT2D eigenvalue weighted by atomic mass is 9.98. The molecule has 0 unspecified atom stereocenters. The van der Waals surface area contributed by atoms with E-state index in [1.165, 1.54) is 13.8 Å². The van der Waals surface area contributed by atoms with Crippen molar-refractivity contribution in [1.29, 1.82) is 0 Å². The number of nitrogens with zero attached hydrogens (tertiary/aromatic N) is 1. The summed E-state index contributed by atoms with van der Waals surface area (Å²) in [6.45, 7) is 2.99. The Balaban J connectivity index is 3.24. The van der Waals surface area contributed by atoms with Crippen molar-refractivity contribution < 1.29 is 24.3 Å². The number of rotatable bonds is 3. The lowest BCUT2D eigenvalue weighted by Gasteiger charge is -2.05. The van der Waals surface area contributed by atoms with Crippen LogP contribution in [0.2, 0.25) is 0 Å². The van der Waals surface area contributed by atoms with E-state index in [1.54, 1.807) is 0 Å². The maximum atomic E-state index is 10.7. The molecular weight excluding hydrogens is 190 g/mol. The second-order valence-electron chi connectivity index (χ2n) is 2.85. The van der Waals surface area contributed by atoms with E-state index >= 15 is 0 Å². The highest BCUT2D eigenvalue weighted by Gasteiger charge is 2.33. The third kappa shape index (κ3) is 1.59. The molecule has 0 spiro atoms. The molecule has 0 aliphatic rings. The van der Waals surface area contributed by atoms with E-state index in [0.29, 0.717) is 0 Å². The van der Waals surface area contributed by atoms with Gasteiger partial charge in [-0.2, -0.15) is 0 Å². The molecule has 6 nitrogen and oxygen atoms in total. The number of carboxylic acid groups (broad SMARTS) is 2. The summed E-state index contributed by atoms with van der Waals surface area (Å²) < 4.78 is 4.70. The number of hydrogen-bond acceptors (Lipinski definition) is 4. The van der Waals surface area contributed by atoms with Gasteiger partial charge in [-0.3, -0.25) is 9.59 Å². The normalized spacial score (nSPS) is 10.5. The second-order valence-corrected chi connectivity index (χ2v) is 2.85. The molecule has 1 aromatic rings. The highest BCUT2D eigenvalue weighted by molar-refractivity contribution is 5.99. The average molecular weight is 199 g/mol. The van der Waals surface area contributed by atoms with Crippen molar-refractivity contribution in [3.05, 3.63) is 17.0 Å². The summed E-state index contributed by atoms with van der Waals surface area (Å²) in [6.07, 6.45) is 0. The van der Waals surface area contributed by atoms with Crippen LogP contribution in [0.25, 0.3) is 0 Å². The van der Waals surface area contributed by atoms with Crippen LogP contribution in [0, 0.1) is 13.8 Å². The van der Waals surface area contributed by atoms with Crippen molar-refractivity contribution in [3.8, 4) is 0 Å². The maximum absolute atomic E-state index is 10.7. The van der Waals surface area contributed by atoms with Crippen molar-refractivity contribution in [1.82, 2.24) is 5.16 Å². The molecule has 0 saturated carbocycles. The Bertz CT molecular complexity index is 348. The Hall–Kier alpha value is -1.85. The lowest BCUT2D eigenvalue weighted by Crippen LogP contribution is -2.22. The number of aromatic nitrogens is 1. The molecule has 1 aromatic heterocycles. The van der Waals surface area contributed by atoms with Gasteiger partial charge < -0.3 is 14.7 Å². The van der Waals surface area contributed by atoms with E-state index in [0.717, 1.165) is 0 Å². The van der Waals surface area contributed by atoms with Gasteiger partial charge in [0, 0.05) is 5.56 Å². The summed E-state index contributed by atoms with van der Waals surface area (Å²) in [5.41, 5.74) is 0.405. The van der Waals surface area contributed by atoms with Gasteiger partial charge in [0.2, 0.25) is 0 Å². The topological polar surface area (TPSA) is 101 Å². The van der Waals surface area contributed by atoms with E-state index in [1.807, 2.05) is 0 Å². The van der Waals surface area contributed by atoms with Gasteiger partial charge in [0.1, 0.15) is 5.76 Å². The summed E-state index contributed by atoms with van der Waals surface area (Å²) in [7, 11) is 0. The Labute approximate surface area is 79.1 Å². The van der Waals surface area contributed by atoms with Gasteiger partial charge >= 0.3 is 11.9 Å². The van der Waals surface area contributed by atoms with E-state index in [9.17, 15) is 9.59 Å². The van der Waals surface area contributed by atoms with Crippen LogP contribution in [0.15, 0.2) is 4.52 Å². The first-order valence-corrected chi connectivity index (χ1v) is 3.83. The first-order valence-electron chi connectivity index (χ1n) is 3.83. The van der Waals surface area contributed by atoms with E-state index in [4.69, 9.17) is 14.7 Å². The first kappa shape index (κ1) is 10.2. The summed E-state index contributed by atoms with van der Waals surface area (Å²) >= 11 is 0. The maximum Gasteiger partial charge on any atom is 0.322 e.